The molecule has 2 N–H and O–H groups in total. The lowest BCUT2D eigenvalue weighted by Gasteiger charge is -2.19. The molecule has 0 spiro atoms. The minimum Gasteiger partial charge on any atom is -0.486 e. The number of fused-ring (bicyclic) bond motifs is 1. The van der Waals surface area contributed by atoms with Gasteiger partial charge in [-0.2, -0.15) is 0 Å². The third kappa shape index (κ3) is 3.68. The molecule has 1 amide bonds. The smallest absolute Gasteiger partial charge is 0.271 e. The van der Waals surface area contributed by atoms with Crippen molar-refractivity contribution in [2.45, 2.75) is 13.3 Å². The highest BCUT2D eigenvalue weighted by molar-refractivity contribution is 5.92. The molecular weight excluding hydrogens is 296 g/mol. The molecule has 1 aliphatic heterocycles. The first-order valence-corrected chi connectivity index (χ1v) is 7.53. The largest absolute Gasteiger partial charge is 0.486 e. The first kappa shape index (κ1) is 15.1. The highest BCUT2D eigenvalue weighted by atomic mass is 16.6. The monoisotopic (exact) mass is 314 g/mol. The first-order chi connectivity index (χ1) is 11.3. The molecule has 0 unspecified atom stereocenters. The minimum absolute atomic E-state index is 0.217. The summed E-state index contributed by atoms with van der Waals surface area (Å²) in [5, 5.41) is 5.88. The lowest BCUT2D eigenvalue weighted by molar-refractivity contribution is 0.0948. The van der Waals surface area contributed by atoms with Gasteiger partial charge in [0.1, 0.15) is 24.7 Å². The van der Waals surface area contributed by atoms with Gasteiger partial charge in [0.2, 0.25) is 0 Å². The molecule has 3 rings (SSSR count). The zero-order chi connectivity index (χ0) is 16.1. The minimum atomic E-state index is -0.217. The van der Waals surface area contributed by atoms with Crippen LogP contribution in [-0.2, 0) is 0 Å². The maximum Gasteiger partial charge on any atom is 0.271 e. The molecule has 7 heteroatoms. The van der Waals surface area contributed by atoms with Crippen molar-refractivity contribution in [3.8, 4) is 11.5 Å². The van der Waals surface area contributed by atoms with Gasteiger partial charge in [-0.1, -0.05) is 6.92 Å². The second kappa shape index (κ2) is 6.95. The summed E-state index contributed by atoms with van der Waals surface area (Å²) in [5.41, 5.74) is 1.11. The van der Waals surface area contributed by atoms with Crippen molar-refractivity contribution in [3.05, 3.63) is 36.3 Å². The summed E-state index contributed by atoms with van der Waals surface area (Å²) >= 11 is 0. The van der Waals surface area contributed by atoms with Crippen LogP contribution in [0.4, 0.5) is 11.5 Å². The molecule has 1 aromatic carbocycles. The van der Waals surface area contributed by atoms with E-state index >= 15 is 0 Å². The summed E-state index contributed by atoms with van der Waals surface area (Å²) in [5.74, 6) is 1.76. The number of carbonyl (C=O) groups excluding carboxylic acids is 1. The Morgan fingerprint density at radius 1 is 1.17 bits per heavy atom. The Labute approximate surface area is 134 Å². The van der Waals surface area contributed by atoms with Gasteiger partial charge < -0.3 is 20.1 Å². The molecule has 23 heavy (non-hydrogen) atoms. The summed E-state index contributed by atoms with van der Waals surface area (Å²) in [7, 11) is 0. The van der Waals surface area contributed by atoms with Crippen molar-refractivity contribution >= 4 is 17.4 Å². The number of anilines is 2. The van der Waals surface area contributed by atoms with Crippen LogP contribution in [0.3, 0.4) is 0 Å². The maximum absolute atomic E-state index is 11.8. The molecular formula is C16H18N4O3. The number of hydrogen-bond acceptors (Lipinski definition) is 6. The molecule has 0 bridgehead atoms. The zero-order valence-electron chi connectivity index (χ0n) is 12.8. The van der Waals surface area contributed by atoms with E-state index in [9.17, 15) is 4.79 Å². The summed E-state index contributed by atoms with van der Waals surface area (Å²) in [6, 6.07) is 5.56. The predicted octanol–water partition coefficient (Wildman–Crippen LogP) is 2.13. The lowest BCUT2D eigenvalue weighted by Crippen LogP contribution is -2.25. The number of aromatic nitrogens is 2. The summed E-state index contributed by atoms with van der Waals surface area (Å²) in [4.78, 5) is 20.1. The molecule has 2 heterocycles. The molecule has 0 atom stereocenters. The molecule has 0 radical (unpaired) electrons. The van der Waals surface area contributed by atoms with Gasteiger partial charge in [0, 0.05) is 18.3 Å². The van der Waals surface area contributed by atoms with Crippen molar-refractivity contribution in [3.63, 3.8) is 0 Å². The Balaban J connectivity index is 1.67. The van der Waals surface area contributed by atoms with Crippen LogP contribution in [0.25, 0.3) is 0 Å². The number of hydrogen-bond donors (Lipinski definition) is 2. The number of amides is 1. The standard InChI is InChI=1S/C16H18N4O3/c1-2-5-17-16(21)12-9-19-15(10-18-12)20-11-3-4-13-14(8-11)23-7-6-22-13/h3-4,8-10H,2,5-7H2,1H3,(H,17,21)(H,19,20). The summed E-state index contributed by atoms with van der Waals surface area (Å²) in [6.07, 6.45) is 3.85. The number of rotatable bonds is 5. The fourth-order valence-corrected chi connectivity index (χ4v) is 2.11. The van der Waals surface area contributed by atoms with Crippen molar-refractivity contribution in [2.24, 2.45) is 0 Å². The van der Waals surface area contributed by atoms with E-state index in [4.69, 9.17) is 9.47 Å². The second-order valence-corrected chi connectivity index (χ2v) is 5.03. The molecule has 120 valence electrons. The zero-order valence-corrected chi connectivity index (χ0v) is 12.8. The second-order valence-electron chi connectivity index (χ2n) is 5.03. The van der Waals surface area contributed by atoms with Crippen LogP contribution in [0.2, 0.25) is 0 Å². The van der Waals surface area contributed by atoms with Gasteiger partial charge in [-0.25, -0.2) is 9.97 Å². The third-order valence-corrected chi connectivity index (χ3v) is 3.23. The first-order valence-electron chi connectivity index (χ1n) is 7.53. The van der Waals surface area contributed by atoms with Gasteiger partial charge in [-0.15, -0.1) is 0 Å². The van der Waals surface area contributed by atoms with E-state index in [-0.39, 0.29) is 5.91 Å². The number of nitrogens with zero attached hydrogens (tertiary/aromatic N) is 2. The van der Waals surface area contributed by atoms with E-state index in [2.05, 4.69) is 20.6 Å². The van der Waals surface area contributed by atoms with Gasteiger partial charge in [-0.3, -0.25) is 4.79 Å². The van der Waals surface area contributed by atoms with E-state index in [0.717, 1.165) is 17.9 Å². The Bertz CT molecular complexity index is 688. The maximum atomic E-state index is 11.8. The van der Waals surface area contributed by atoms with Gasteiger partial charge in [0.05, 0.1) is 12.4 Å². The van der Waals surface area contributed by atoms with Gasteiger partial charge >= 0.3 is 0 Å². The molecule has 0 aliphatic carbocycles. The van der Waals surface area contributed by atoms with Crippen LogP contribution in [0.5, 0.6) is 11.5 Å². The number of benzene rings is 1. The lowest BCUT2D eigenvalue weighted by atomic mass is 10.2. The van der Waals surface area contributed by atoms with Gasteiger partial charge in [-0.05, 0) is 18.6 Å². The molecule has 0 saturated carbocycles. The van der Waals surface area contributed by atoms with Crippen LogP contribution in [0.1, 0.15) is 23.8 Å². The van der Waals surface area contributed by atoms with Gasteiger partial charge in [0.15, 0.2) is 11.5 Å². The van der Waals surface area contributed by atoms with Crippen molar-refractivity contribution in [2.75, 3.05) is 25.1 Å². The van der Waals surface area contributed by atoms with E-state index < -0.39 is 0 Å². The van der Waals surface area contributed by atoms with Crippen LogP contribution in [0.15, 0.2) is 30.6 Å². The van der Waals surface area contributed by atoms with E-state index in [1.165, 1.54) is 12.4 Å². The Hall–Kier alpha value is -2.83. The Morgan fingerprint density at radius 2 is 2.00 bits per heavy atom. The molecule has 0 saturated heterocycles. The van der Waals surface area contributed by atoms with Gasteiger partial charge in [0.25, 0.3) is 5.91 Å². The highest BCUT2D eigenvalue weighted by Crippen LogP contribution is 2.33. The van der Waals surface area contributed by atoms with Crippen molar-refractivity contribution in [1.82, 2.24) is 15.3 Å². The Morgan fingerprint density at radius 3 is 2.74 bits per heavy atom. The van der Waals surface area contributed by atoms with Crippen LogP contribution < -0.4 is 20.1 Å². The molecule has 0 fully saturated rings. The summed E-state index contributed by atoms with van der Waals surface area (Å²) < 4.78 is 11.0. The van der Waals surface area contributed by atoms with Crippen molar-refractivity contribution in [1.29, 1.82) is 0 Å². The molecule has 7 nitrogen and oxygen atoms in total. The average Bonchev–Trinajstić information content (AvgIpc) is 2.60. The normalized spacial score (nSPS) is 12.6. The fraction of sp³-hybridized carbons (Fsp3) is 0.312. The van der Waals surface area contributed by atoms with Crippen LogP contribution in [-0.4, -0.2) is 35.6 Å². The predicted molar refractivity (Wildman–Crippen MR) is 85.4 cm³/mol. The third-order valence-electron chi connectivity index (χ3n) is 3.23. The van der Waals surface area contributed by atoms with Crippen LogP contribution >= 0.6 is 0 Å². The number of nitrogens with one attached hydrogen (secondary N) is 2. The van der Waals surface area contributed by atoms with Crippen LogP contribution in [0, 0.1) is 0 Å². The average molecular weight is 314 g/mol. The highest BCUT2D eigenvalue weighted by Gasteiger charge is 2.12. The Kier molecular flexibility index (Phi) is 4.56. The van der Waals surface area contributed by atoms with E-state index in [0.29, 0.717) is 37.0 Å². The molecule has 1 aromatic heterocycles. The quantitative estimate of drug-likeness (QED) is 0.879. The van der Waals surface area contributed by atoms with E-state index in [1.54, 1.807) is 0 Å². The fourth-order valence-electron chi connectivity index (χ4n) is 2.11. The number of carbonyl (C=O) groups is 1. The SMILES string of the molecule is CCCNC(=O)c1cnc(Nc2ccc3c(c2)OCCO3)cn1. The topological polar surface area (TPSA) is 85.4 Å². The molecule has 2 aromatic rings. The van der Waals surface area contributed by atoms with Crippen molar-refractivity contribution < 1.29 is 14.3 Å². The molecule has 1 aliphatic rings. The number of ether oxygens (including phenoxy) is 2. The summed E-state index contributed by atoms with van der Waals surface area (Å²) in [6.45, 7) is 3.72. The van der Waals surface area contributed by atoms with E-state index in [1.807, 2.05) is 25.1 Å².